The molecule has 0 aliphatic carbocycles. The normalized spacial score (nSPS) is 13.4. The Morgan fingerprint density at radius 2 is 2.55 bits per heavy atom. The second-order valence-corrected chi connectivity index (χ2v) is 3.69. The van der Waals surface area contributed by atoms with Crippen molar-refractivity contribution >= 4 is 11.3 Å². The van der Waals surface area contributed by atoms with Gasteiger partial charge in [-0.3, -0.25) is 11.3 Å². The Labute approximate surface area is 70.6 Å². The lowest BCUT2D eigenvalue weighted by atomic mass is 10.2. The van der Waals surface area contributed by atoms with E-state index in [9.17, 15) is 0 Å². The third kappa shape index (κ3) is 2.57. The molecule has 1 rings (SSSR count). The molecule has 0 saturated carbocycles. The van der Waals surface area contributed by atoms with Crippen LogP contribution in [-0.2, 0) is 6.42 Å². The maximum absolute atomic E-state index is 5.25. The van der Waals surface area contributed by atoms with Gasteiger partial charge >= 0.3 is 0 Å². The topological polar surface area (TPSA) is 50.9 Å². The molecule has 0 saturated heterocycles. The van der Waals surface area contributed by atoms with Crippen LogP contribution in [0.25, 0.3) is 0 Å². The van der Waals surface area contributed by atoms with E-state index < -0.39 is 0 Å². The van der Waals surface area contributed by atoms with Crippen molar-refractivity contribution in [1.82, 2.24) is 10.4 Å². The number of aromatic nitrogens is 1. The molecular weight excluding hydrogens is 158 g/mol. The first-order valence-electron chi connectivity index (χ1n) is 3.59. The largest absolute Gasteiger partial charge is 0.271 e. The van der Waals surface area contributed by atoms with Gasteiger partial charge in [0.15, 0.2) is 0 Å². The van der Waals surface area contributed by atoms with Gasteiger partial charge in [0.05, 0.1) is 10.7 Å². The standard InChI is InChI=1S/C7H13N3S/c1-5(10-8)3-7-4-11-6(2)9-7/h4-5,10H,3,8H2,1-2H3. The highest BCUT2D eigenvalue weighted by Gasteiger charge is 2.02. The fraction of sp³-hybridized carbons (Fsp3) is 0.571. The van der Waals surface area contributed by atoms with E-state index in [2.05, 4.69) is 15.8 Å². The van der Waals surface area contributed by atoms with E-state index in [-0.39, 0.29) is 0 Å². The second kappa shape index (κ2) is 3.80. The Balaban J connectivity index is 2.50. The van der Waals surface area contributed by atoms with Gasteiger partial charge in [0.2, 0.25) is 0 Å². The van der Waals surface area contributed by atoms with Crippen molar-refractivity contribution in [2.45, 2.75) is 26.3 Å². The third-order valence-electron chi connectivity index (χ3n) is 1.47. The fourth-order valence-electron chi connectivity index (χ4n) is 0.875. The highest BCUT2D eigenvalue weighted by Crippen LogP contribution is 2.09. The first kappa shape index (κ1) is 8.64. The van der Waals surface area contributed by atoms with Crippen molar-refractivity contribution < 1.29 is 0 Å². The van der Waals surface area contributed by atoms with E-state index in [4.69, 9.17) is 5.84 Å². The molecule has 1 unspecified atom stereocenters. The molecule has 0 radical (unpaired) electrons. The highest BCUT2D eigenvalue weighted by molar-refractivity contribution is 7.09. The molecule has 3 N–H and O–H groups in total. The monoisotopic (exact) mass is 171 g/mol. The number of hydrogen-bond donors (Lipinski definition) is 2. The van der Waals surface area contributed by atoms with Crippen LogP contribution < -0.4 is 11.3 Å². The minimum atomic E-state index is 0.302. The molecule has 1 aromatic rings. The van der Waals surface area contributed by atoms with Crippen LogP contribution >= 0.6 is 11.3 Å². The smallest absolute Gasteiger partial charge is 0.0897 e. The number of nitrogens with zero attached hydrogens (tertiary/aromatic N) is 1. The number of hydrazine groups is 1. The molecule has 4 heteroatoms. The molecule has 0 amide bonds. The van der Waals surface area contributed by atoms with Gasteiger partial charge in [-0.1, -0.05) is 0 Å². The maximum atomic E-state index is 5.25. The van der Waals surface area contributed by atoms with Crippen LogP contribution in [0.3, 0.4) is 0 Å². The lowest BCUT2D eigenvalue weighted by Crippen LogP contribution is -2.34. The first-order valence-corrected chi connectivity index (χ1v) is 4.47. The van der Waals surface area contributed by atoms with Gasteiger partial charge in [0, 0.05) is 17.8 Å². The summed E-state index contributed by atoms with van der Waals surface area (Å²) in [6.07, 6.45) is 0.904. The molecule has 1 atom stereocenters. The molecule has 0 spiro atoms. The molecular formula is C7H13N3S. The molecule has 3 nitrogen and oxygen atoms in total. The lowest BCUT2D eigenvalue weighted by Gasteiger charge is -2.05. The van der Waals surface area contributed by atoms with E-state index in [0.29, 0.717) is 6.04 Å². The number of rotatable bonds is 3. The Morgan fingerprint density at radius 1 is 1.82 bits per heavy atom. The van der Waals surface area contributed by atoms with Crippen molar-refractivity contribution in [3.05, 3.63) is 16.1 Å². The molecule has 1 aromatic heterocycles. The van der Waals surface area contributed by atoms with E-state index in [1.807, 2.05) is 13.8 Å². The minimum Gasteiger partial charge on any atom is -0.271 e. The number of nitrogens with one attached hydrogen (secondary N) is 1. The summed E-state index contributed by atoms with van der Waals surface area (Å²) in [6, 6.07) is 0.302. The SMILES string of the molecule is Cc1nc(CC(C)NN)cs1. The summed E-state index contributed by atoms with van der Waals surface area (Å²) in [5.74, 6) is 5.25. The van der Waals surface area contributed by atoms with Crippen molar-refractivity contribution in [2.24, 2.45) is 5.84 Å². The zero-order valence-corrected chi connectivity index (χ0v) is 7.61. The Kier molecular flexibility index (Phi) is 2.99. The van der Waals surface area contributed by atoms with E-state index in [0.717, 1.165) is 17.1 Å². The minimum absolute atomic E-state index is 0.302. The van der Waals surface area contributed by atoms with Crippen LogP contribution in [0.4, 0.5) is 0 Å². The van der Waals surface area contributed by atoms with E-state index in [1.54, 1.807) is 11.3 Å². The highest BCUT2D eigenvalue weighted by atomic mass is 32.1. The number of thiazole rings is 1. The zero-order chi connectivity index (χ0) is 8.27. The van der Waals surface area contributed by atoms with Crippen LogP contribution in [-0.4, -0.2) is 11.0 Å². The molecule has 0 aliphatic rings. The number of hydrogen-bond acceptors (Lipinski definition) is 4. The van der Waals surface area contributed by atoms with E-state index >= 15 is 0 Å². The Bertz CT molecular complexity index is 221. The molecule has 0 fully saturated rings. The summed E-state index contributed by atoms with van der Waals surface area (Å²) < 4.78 is 0. The Hall–Kier alpha value is -0.450. The maximum Gasteiger partial charge on any atom is 0.0897 e. The molecule has 0 aromatic carbocycles. The summed E-state index contributed by atoms with van der Waals surface area (Å²) in [5.41, 5.74) is 3.81. The van der Waals surface area contributed by atoms with Crippen LogP contribution in [0.15, 0.2) is 5.38 Å². The second-order valence-electron chi connectivity index (χ2n) is 2.63. The summed E-state index contributed by atoms with van der Waals surface area (Å²) in [7, 11) is 0. The van der Waals surface area contributed by atoms with Gasteiger partial charge < -0.3 is 0 Å². The molecule has 11 heavy (non-hydrogen) atoms. The summed E-state index contributed by atoms with van der Waals surface area (Å²) >= 11 is 1.68. The van der Waals surface area contributed by atoms with Crippen molar-refractivity contribution in [2.75, 3.05) is 0 Å². The first-order chi connectivity index (χ1) is 5.22. The fourth-order valence-corrected chi connectivity index (χ4v) is 1.50. The predicted octanol–water partition coefficient (Wildman–Crippen LogP) is 0.846. The molecule has 0 aliphatic heterocycles. The molecule has 0 bridgehead atoms. The summed E-state index contributed by atoms with van der Waals surface area (Å²) in [6.45, 7) is 4.05. The third-order valence-corrected chi connectivity index (χ3v) is 2.29. The van der Waals surface area contributed by atoms with Crippen molar-refractivity contribution in [3.63, 3.8) is 0 Å². The number of aryl methyl sites for hydroxylation is 1. The quantitative estimate of drug-likeness (QED) is 0.523. The van der Waals surface area contributed by atoms with Gasteiger partial charge in [0.1, 0.15) is 0 Å². The van der Waals surface area contributed by atoms with Gasteiger partial charge in [-0.05, 0) is 13.8 Å². The van der Waals surface area contributed by atoms with E-state index in [1.165, 1.54) is 0 Å². The van der Waals surface area contributed by atoms with Crippen molar-refractivity contribution in [3.8, 4) is 0 Å². The lowest BCUT2D eigenvalue weighted by molar-refractivity contribution is 0.562. The summed E-state index contributed by atoms with van der Waals surface area (Å²) in [4.78, 5) is 4.32. The van der Waals surface area contributed by atoms with Crippen LogP contribution in [0.1, 0.15) is 17.6 Å². The Morgan fingerprint density at radius 3 is 3.00 bits per heavy atom. The average molecular weight is 171 g/mol. The average Bonchev–Trinajstić information content (AvgIpc) is 2.35. The number of nitrogens with two attached hydrogens (primary N) is 1. The van der Waals surface area contributed by atoms with Crippen molar-refractivity contribution in [1.29, 1.82) is 0 Å². The van der Waals surface area contributed by atoms with Crippen LogP contribution in [0, 0.1) is 6.92 Å². The molecule has 62 valence electrons. The van der Waals surface area contributed by atoms with Crippen LogP contribution in [0.5, 0.6) is 0 Å². The zero-order valence-electron chi connectivity index (χ0n) is 6.79. The van der Waals surface area contributed by atoms with Crippen LogP contribution in [0.2, 0.25) is 0 Å². The molecule has 1 heterocycles. The van der Waals surface area contributed by atoms with Gasteiger partial charge in [-0.2, -0.15) is 0 Å². The van der Waals surface area contributed by atoms with Gasteiger partial charge in [0.25, 0.3) is 0 Å². The van der Waals surface area contributed by atoms with Gasteiger partial charge in [-0.15, -0.1) is 11.3 Å². The van der Waals surface area contributed by atoms with Gasteiger partial charge in [-0.25, -0.2) is 4.98 Å². The summed E-state index contributed by atoms with van der Waals surface area (Å²) in [5, 5.41) is 3.19. The predicted molar refractivity (Wildman–Crippen MR) is 47.3 cm³/mol.